The fourth-order valence-electron chi connectivity index (χ4n) is 2.47. The number of para-hydroxylation sites is 1. The summed E-state index contributed by atoms with van der Waals surface area (Å²) in [4.78, 5) is 12.1. The smallest absolute Gasteiger partial charge is 0.262 e. The zero-order valence-corrected chi connectivity index (χ0v) is 15.4. The molecule has 0 saturated heterocycles. The maximum Gasteiger partial charge on any atom is 0.262 e. The van der Waals surface area contributed by atoms with Crippen LogP contribution in [-0.4, -0.2) is 24.4 Å². The zero-order chi connectivity index (χ0) is 20.1. The van der Waals surface area contributed by atoms with Gasteiger partial charge in [-0.2, -0.15) is 0 Å². The number of sulfonamides is 1. The third-order valence-corrected chi connectivity index (χ3v) is 5.31. The maximum atomic E-state index is 12.5. The van der Waals surface area contributed by atoms with Gasteiger partial charge in [-0.1, -0.05) is 42.5 Å². The van der Waals surface area contributed by atoms with Gasteiger partial charge in [-0.3, -0.25) is 9.52 Å². The topological polar surface area (TPSA) is 104 Å². The van der Waals surface area contributed by atoms with Crippen LogP contribution in [0, 0.1) is 0 Å². The molecular formula is C21H17NO5S. The Morgan fingerprint density at radius 2 is 1.54 bits per heavy atom. The van der Waals surface area contributed by atoms with Gasteiger partial charge in [0, 0.05) is 11.1 Å². The Hall–Kier alpha value is -3.58. The molecule has 0 unspecified atom stereocenters. The quantitative estimate of drug-likeness (QED) is 0.335. The van der Waals surface area contributed by atoms with Gasteiger partial charge in [-0.25, -0.2) is 8.42 Å². The Labute approximate surface area is 162 Å². The molecule has 0 amide bonds. The highest BCUT2D eigenvalue weighted by Crippen LogP contribution is 2.30. The summed E-state index contributed by atoms with van der Waals surface area (Å²) >= 11 is 0. The summed E-state index contributed by atoms with van der Waals surface area (Å²) in [6, 6.07) is 18.2. The van der Waals surface area contributed by atoms with Crippen molar-refractivity contribution in [1.29, 1.82) is 0 Å². The zero-order valence-electron chi connectivity index (χ0n) is 14.6. The predicted molar refractivity (Wildman–Crippen MR) is 107 cm³/mol. The van der Waals surface area contributed by atoms with E-state index in [1.165, 1.54) is 42.5 Å². The van der Waals surface area contributed by atoms with E-state index in [0.717, 1.165) is 0 Å². The predicted octanol–water partition coefficient (Wildman–Crippen LogP) is 3.79. The lowest BCUT2D eigenvalue weighted by Crippen LogP contribution is -2.13. The largest absolute Gasteiger partial charge is 0.508 e. The minimum atomic E-state index is -3.96. The second-order valence-corrected chi connectivity index (χ2v) is 7.59. The molecule has 3 aromatic carbocycles. The molecule has 0 atom stereocenters. The van der Waals surface area contributed by atoms with Crippen LogP contribution in [0.3, 0.4) is 0 Å². The Kier molecular flexibility index (Phi) is 5.47. The molecule has 0 saturated carbocycles. The normalized spacial score (nSPS) is 11.4. The van der Waals surface area contributed by atoms with Gasteiger partial charge in [0.25, 0.3) is 10.0 Å². The molecule has 142 valence electrons. The first-order chi connectivity index (χ1) is 13.4. The molecule has 3 aromatic rings. The number of phenolic OH excluding ortho intramolecular Hbond substituents is 2. The molecule has 0 radical (unpaired) electrons. The molecule has 3 rings (SSSR count). The summed E-state index contributed by atoms with van der Waals surface area (Å²) in [7, 11) is -3.96. The van der Waals surface area contributed by atoms with E-state index < -0.39 is 10.0 Å². The molecule has 0 bridgehead atoms. The van der Waals surface area contributed by atoms with E-state index in [1.807, 2.05) is 0 Å². The van der Waals surface area contributed by atoms with Gasteiger partial charge in [0.05, 0.1) is 10.6 Å². The van der Waals surface area contributed by atoms with E-state index in [1.54, 1.807) is 42.5 Å². The number of nitrogens with one attached hydrogen (secondary N) is 1. The molecule has 6 nitrogen and oxygen atoms in total. The average Bonchev–Trinajstić information content (AvgIpc) is 2.69. The van der Waals surface area contributed by atoms with E-state index in [2.05, 4.69) is 4.72 Å². The third-order valence-electron chi connectivity index (χ3n) is 3.93. The van der Waals surface area contributed by atoms with Crippen molar-refractivity contribution in [2.75, 3.05) is 4.72 Å². The monoisotopic (exact) mass is 395 g/mol. The minimum Gasteiger partial charge on any atom is -0.508 e. The number of aromatic hydroxyl groups is 2. The van der Waals surface area contributed by atoms with Gasteiger partial charge in [0.1, 0.15) is 11.5 Å². The Balaban J connectivity index is 1.84. The van der Waals surface area contributed by atoms with Crippen LogP contribution < -0.4 is 4.72 Å². The van der Waals surface area contributed by atoms with Crippen molar-refractivity contribution < 1.29 is 23.4 Å². The Morgan fingerprint density at radius 3 is 2.21 bits per heavy atom. The van der Waals surface area contributed by atoms with E-state index in [9.17, 15) is 23.4 Å². The van der Waals surface area contributed by atoms with Crippen molar-refractivity contribution in [2.45, 2.75) is 4.90 Å². The summed E-state index contributed by atoms with van der Waals surface area (Å²) in [5.74, 6) is -0.603. The third kappa shape index (κ3) is 4.39. The molecule has 0 aliphatic heterocycles. The maximum absolute atomic E-state index is 12.5. The van der Waals surface area contributed by atoms with Crippen molar-refractivity contribution in [3.05, 3.63) is 90.0 Å². The number of carbonyl (C=O) groups is 1. The Morgan fingerprint density at radius 1 is 0.857 bits per heavy atom. The molecule has 3 N–H and O–H groups in total. The van der Waals surface area contributed by atoms with E-state index in [0.29, 0.717) is 5.56 Å². The second kappa shape index (κ2) is 7.98. The number of ketones is 1. The van der Waals surface area contributed by atoms with Crippen LogP contribution >= 0.6 is 0 Å². The SMILES string of the molecule is O=C(C=Cc1cccc(NS(=O)(=O)c2ccc(O)cc2)c1O)c1ccccc1. The second-order valence-electron chi connectivity index (χ2n) is 5.91. The molecule has 0 aliphatic rings. The number of phenols is 2. The lowest BCUT2D eigenvalue weighted by Gasteiger charge is -2.11. The van der Waals surface area contributed by atoms with Crippen LogP contribution in [0.2, 0.25) is 0 Å². The molecular weight excluding hydrogens is 378 g/mol. The van der Waals surface area contributed by atoms with Crippen LogP contribution in [0.15, 0.2) is 83.8 Å². The van der Waals surface area contributed by atoms with Gasteiger partial charge in [-0.05, 0) is 42.5 Å². The minimum absolute atomic E-state index is 0.0256. The van der Waals surface area contributed by atoms with Crippen molar-refractivity contribution in [3.63, 3.8) is 0 Å². The van der Waals surface area contributed by atoms with Crippen molar-refractivity contribution in [3.8, 4) is 11.5 Å². The van der Waals surface area contributed by atoms with Crippen LogP contribution in [0.5, 0.6) is 11.5 Å². The molecule has 0 aromatic heterocycles. The number of rotatable bonds is 6. The highest BCUT2D eigenvalue weighted by Gasteiger charge is 2.17. The summed E-state index contributed by atoms with van der Waals surface area (Å²) in [5.41, 5.74) is 0.764. The summed E-state index contributed by atoms with van der Waals surface area (Å²) in [6.07, 6.45) is 2.73. The number of benzene rings is 3. The first-order valence-electron chi connectivity index (χ1n) is 8.28. The lowest BCUT2D eigenvalue weighted by molar-refractivity contribution is 0.104. The van der Waals surface area contributed by atoms with Crippen LogP contribution in [-0.2, 0) is 10.0 Å². The van der Waals surface area contributed by atoms with Crippen LogP contribution in [0.4, 0.5) is 5.69 Å². The van der Waals surface area contributed by atoms with Gasteiger partial charge in [0.15, 0.2) is 5.78 Å². The number of hydrogen-bond donors (Lipinski definition) is 3. The molecule has 7 heteroatoms. The Bertz CT molecular complexity index is 1120. The summed E-state index contributed by atoms with van der Waals surface area (Å²) in [6.45, 7) is 0. The number of hydrogen-bond acceptors (Lipinski definition) is 5. The number of carbonyl (C=O) groups excluding carboxylic acids is 1. The molecule has 0 aliphatic carbocycles. The lowest BCUT2D eigenvalue weighted by atomic mass is 10.1. The summed E-state index contributed by atoms with van der Waals surface area (Å²) < 4.78 is 27.2. The first-order valence-corrected chi connectivity index (χ1v) is 9.76. The van der Waals surface area contributed by atoms with Gasteiger partial charge in [0.2, 0.25) is 0 Å². The molecule has 0 heterocycles. The first kappa shape index (κ1) is 19.2. The van der Waals surface area contributed by atoms with E-state index in [-0.39, 0.29) is 33.4 Å². The van der Waals surface area contributed by atoms with E-state index >= 15 is 0 Å². The van der Waals surface area contributed by atoms with Gasteiger partial charge in [-0.15, -0.1) is 0 Å². The van der Waals surface area contributed by atoms with E-state index in [4.69, 9.17) is 0 Å². The summed E-state index contributed by atoms with van der Waals surface area (Å²) in [5, 5.41) is 19.7. The average molecular weight is 395 g/mol. The number of anilines is 1. The molecule has 0 spiro atoms. The molecule has 0 fully saturated rings. The van der Waals surface area contributed by atoms with Crippen LogP contribution in [0.25, 0.3) is 6.08 Å². The van der Waals surface area contributed by atoms with Crippen LogP contribution in [0.1, 0.15) is 15.9 Å². The standard InChI is InChI=1S/C21H17NO5S/c23-17-10-12-18(13-11-17)28(26,27)22-19-8-4-7-16(21(19)25)9-14-20(24)15-5-2-1-3-6-15/h1-14,22-23,25H. The van der Waals surface area contributed by atoms with Gasteiger partial charge >= 0.3 is 0 Å². The molecule has 28 heavy (non-hydrogen) atoms. The van der Waals surface area contributed by atoms with Gasteiger partial charge < -0.3 is 10.2 Å². The number of allylic oxidation sites excluding steroid dienone is 1. The highest BCUT2D eigenvalue weighted by molar-refractivity contribution is 7.92. The van der Waals surface area contributed by atoms with Crippen molar-refractivity contribution in [1.82, 2.24) is 0 Å². The highest BCUT2D eigenvalue weighted by atomic mass is 32.2. The fraction of sp³-hybridized carbons (Fsp3) is 0. The fourth-order valence-corrected chi connectivity index (χ4v) is 3.54. The van der Waals surface area contributed by atoms with Crippen molar-refractivity contribution >= 4 is 27.6 Å². The van der Waals surface area contributed by atoms with Crippen molar-refractivity contribution in [2.24, 2.45) is 0 Å².